The van der Waals surface area contributed by atoms with Crippen LogP contribution in [0.15, 0.2) is 41.0 Å². The molecule has 2 aromatic rings. The Morgan fingerprint density at radius 3 is 2.58 bits per heavy atom. The van der Waals surface area contributed by atoms with E-state index in [-0.39, 0.29) is 0 Å². The zero-order chi connectivity index (χ0) is 13.7. The van der Waals surface area contributed by atoms with Gasteiger partial charge >= 0.3 is 0 Å². The third-order valence-corrected chi connectivity index (χ3v) is 3.51. The van der Waals surface area contributed by atoms with Gasteiger partial charge in [-0.25, -0.2) is 4.98 Å². The maximum absolute atomic E-state index is 4.39. The number of hydrogen-bond acceptors (Lipinski definition) is 2. The zero-order valence-electron chi connectivity index (χ0n) is 11.4. The van der Waals surface area contributed by atoms with E-state index in [1.54, 1.807) is 0 Å². The van der Waals surface area contributed by atoms with Crippen LogP contribution in [0.1, 0.15) is 30.9 Å². The summed E-state index contributed by atoms with van der Waals surface area (Å²) < 4.78 is 1.01. The molecule has 0 radical (unpaired) electrons. The Kier molecular flexibility index (Phi) is 4.97. The number of pyridine rings is 1. The molecule has 1 aromatic carbocycles. The van der Waals surface area contributed by atoms with Crippen LogP contribution in [-0.4, -0.2) is 4.98 Å². The molecule has 0 aliphatic rings. The lowest BCUT2D eigenvalue weighted by Gasteiger charge is -2.09. The van der Waals surface area contributed by atoms with Crippen LogP contribution in [0.25, 0.3) is 0 Å². The number of anilines is 2. The van der Waals surface area contributed by atoms with Crippen LogP contribution in [0.2, 0.25) is 0 Å². The summed E-state index contributed by atoms with van der Waals surface area (Å²) in [4.78, 5) is 4.39. The van der Waals surface area contributed by atoms with Gasteiger partial charge in [0.25, 0.3) is 0 Å². The third-order valence-electron chi connectivity index (χ3n) is 3.08. The van der Waals surface area contributed by atoms with E-state index < -0.39 is 0 Å². The predicted octanol–water partition coefficient (Wildman–Crippen LogP) is 5.24. The van der Waals surface area contributed by atoms with Gasteiger partial charge in [0.15, 0.2) is 0 Å². The molecule has 0 aliphatic carbocycles. The summed E-state index contributed by atoms with van der Waals surface area (Å²) in [6.45, 7) is 4.27. The van der Waals surface area contributed by atoms with Crippen molar-refractivity contribution in [2.24, 2.45) is 0 Å². The van der Waals surface area contributed by atoms with E-state index >= 15 is 0 Å². The summed E-state index contributed by atoms with van der Waals surface area (Å²) >= 11 is 3.42. The minimum atomic E-state index is 0.907. The number of nitrogens with zero attached hydrogens (tertiary/aromatic N) is 1. The molecule has 0 unspecified atom stereocenters. The lowest BCUT2D eigenvalue weighted by Crippen LogP contribution is -1.96. The average Bonchev–Trinajstić information content (AvgIpc) is 2.41. The van der Waals surface area contributed by atoms with Crippen LogP contribution >= 0.6 is 15.9 Å². The molecule has 2 rings (SSSR count). The van der Waals surface area contributed by atoms with Crippen LogP contribution in [0.5, 0.6) is 0 Å². The highest BCUT2D eigenvalue weighted by Crippen LogP contribution is 2.21. The molecule has 0 amide bonds. The van der Waals surface area contributed by atoms with Crippen molar-refractivity contribution in [1.82, 2.24) is 4.98 Å². The fraction of sp³-hybridized carbons (Fsp3) is 0.312. The fourth-order valence-electron chi connectivity index (χ4n) is 1.94. The molecule has 0 aliphatic heterocycles. The molecule has 19 heavy (non-hydrogen) atoms. The van der Waals surface area contributed by atoms with Gasteiger partial charge in [-0.2, -0.15) is 0 Å². The highest BCUT2D eigenvalue weighted by molar-refractivity contribution is 9.10. The van der Waals surface area contributed by atoms with Gasteiger partial charge in [-0.3, -0.25) is 0 Å². The van der Waals surface area contributed by atoms with Crippen LogP contribution in [0.4, 0.5) is 11.5 Å². The number of aromatic nitrogens is 1. The maximum Gasteiger partial charge on any atom is 0.133 e. The Morgan fingerprint density at radius 1 is 1.21 bits per heavy atom. The molecular formula is C16H19BrN2. The monoisotopic (exact) mass is 318 g/mol. The molecule has 0 atom stereocenters. The summed E-state index contributed by atoms with van der Waals surface area (Å²) in [5.74, 6) is 0.907. The number of benzene rings is 1. The molecule has 0 fully saturated rings. The predicted molar refractivity (Wildman–Crippen MR) is 85.0 cm³/mol. The van der Waals surface area contributed by atoms with Crippen LogP contribution in [-0.2, 0) is 6.42 Å². The summed E-state index contributed by atoms with van der Waals surface area (Å²) in [5.41, 5.74) is 3.61. The van der Waals surface area contributed by atoms with Crippen LogP contribution in [0.3, 0.4) is 0 Å². The maximum atomic E-state index is 4.39. The largest absolute Gasteiger partial charge is 0.340 e. The molecule has 1 heterocycles. The van der Waals surface area contributed by atoms with Gasteiger partial charge in [-0.15, -0.1) is 0 Å². The van der Waals surface area contributed by atoms with E-state index in [0.717, 1.165) is 28.0 Å². The highest BCUT2D eigenvalue weighted by Gasteiger charge is 2.01. The minimum Gasteiger partial charge on any atom is -0.340 e. The molecule has 100 valence electrons. The number of aryl methyl sites for hydroxylation is 2. The van der Waals surface area contributed by atoms with Crippen LogP contribution in [0, 0.1) is 6.92 Å². The summed E-state index contributed by atoms with van der Waals surface area (Å²) in [6.07, 6.45) is 5.46. The van der Waals surface area contributed by atoms with Crippen molar-refractivity contribution < 1.29 is 0 Å². The second kappa shape index (κ2) is 6.71. The Balaban J connectivity index is 2.06. The van der Waals surface area contributed by atoms with E-state index in [1.807, 2.05) is 6.20 Å². The lowest BCUT2D eigenvalue weighted by atomic mass is 10.1. The van der Waals surface area contributed by atoms with Crippen molar-refractivity contribution in [3.05, 3.63) is 52.1 Å². The Bertz CT molecular complexity index is 535. The van der Waals surface area contributed by atoms with E-state index in [1.165, 1.54) is 18.4 Å². The summed E-state index contributed by atoms with van der Waals surface area (Å²) in [5, 5.41) is 3.35. The Hall–Kier alpha value is -1.35. The van der Waals surface area contributed by atoms with Crippen molar-refractivity contribution >= 4 is 27.4 Å². The van der Waals surface area contributed by atoms with Crippen LogP contribution < -0.4 is 5.32 Å². The molecule has 2 nitrogen and oxygen atoms in total. The van der Waals surface area contributed by atoms with Gasteiger partial charge < -0.3 is 5.32 Å². The standard InChI is InChI=1S/C16H19BrN2/c1-3-4-5-13-6-8-15(9-7-13)19-16-12(2)10-14(17)11-18-16/h6-11H,3-5H2,1-2H3,(H,18,19). The number of hydrogen-bond donors (Lipinski definition) is 1. The number of rotatable bonds is 5. The Morgan fingerprint density at radius 2 is 1.95 bits per heavy atom. The average molecular weight is 319 g/mol. The van der Waals surface area contributed by atoms with Crippen molar-refractivity contribution in [3.63, 3.8) is 0 Å². The van der Waals surface area contributed by atoms with Gasteiger partial charge in [0.2, 0.25) is 0 Å². The SMILES string of the molecule is CCCCc1ccc(Nc2ncc(Br)cc2C)cc1. The van der Waals surface area contributed by atoms with E-state index in [0.29, 0.717) is 0 Å². The Labute approximate surface area is 123 Å². The zero-order valence-corrected chi connectivity index (χ0v) is 13.0. The van der Waals surface area contributed by atoms with E-state index in [2.05, 4.69) is 70.4 Å². The van der Waals surface area contributed by atoms with Gasteiger partial charge in [-0.1, -0.05) is 25.5 Å². The van der Waals surface area contributed by atoms with Gasteiger partial charge in [0.05, 0.1) is 0 Å². The molecule has 0 spiro atoms. The van der Waals surface area contributed by atoms with Gasteiger partial charge in [-0.05, 0) is 65.0 Å². The first-order chi connectivity index (χ1) is 9.19. The molecule has 0 saturated heterocycles. The number of unbranched alkanes of at least 4 members (excludes halogenated alkanes) is 1. The third kappa shape index (κ3) is 4.06. The molecule has 1 N–H and O–H groups in total. The second-order valence-corrected chi connectivity index (χ2v) is 5.66. The molecule has 1 aromatic heterocycles. The molecular weight excluding hydrogens is 300 g/mol. The number of halogens is 1. The topological polar surface area (TPSA) is 24.9 Å². The normalized spacial score (nSPS) is 10.5. The number of nitrogens with one attached hydrogen (secondary N) is 1. The smallest absolute Gasteiger partial charge is 0.133 e. The first-order valence-electron chi connectivity index (χ1n) is 6.67. The quantitative estimate of drug-likeness (QED) is 0.815. The van der Waals surface area contributed by atoms with Crippen molar-refractivity contribution in [3.8, 4) is 0 Å². The van der Waals surface area contributed by atoms with Crippen molar-refractivity contribution in [2.45, 2.75) is 33.1 Å². The summed E-state index contributed by atoms with van der Waals surface area (Å²) in [7, 11) is 0. The first-order valence-corrected chi connectivity index (χ1v) is 7.46. The van der Waals surface area contributed by atoms with Crippen molar-refractivity contribution in [2.75, 3.05) is 5.32 Å². The van der Waals surface area contributed by atoms with Crippen molar-refractivity contribution in [1.29, 1.82) is 0 Å². The van der Waals surface area contributed by atoms with E-state index in [4.69, 9.17) is 0 Å². The van der Waals surface area contributed by atoms with E-state index in [9.17, 15) is 0 Å². The van der Waals surface area contributed by atoms with Gasteiger partial charge in [0.1, 0.15) is 5.82 Å². The second-order valence-electron chi connectivity index (χ2n) is 4.74. The molecule has 0 saturated carbocycles. The lowest BCUT2D eigenvalue weighted by molar-refractivity contribution is 0.795. The fourth-order valence-corrected chi connectivity index (χ4v) is 2.39. The first kappa shape index (κ1) is 14.1. The minimum absolute atomic E-state index is 0.907. The summed E-state index contributed by atoms with van der Waals surface area (Å²) in [6, 6.07) is 10.7. The molecule has 3 heteroatoms. The molecule has 0 bridgehead atoms. The van der Waals surface area contributed by atoms with Gasteiger partial charge in [0, 0.05) is 16.4 Å². The highest BCUT2D eigenvalue weighted by atomic mass is 79.9.